The van der Waals surface area contributed by atoms with Crippen molar-refractivity contribution in [3.63, 3.8) is 0 Å². The first-order chi connectivity index (χ1) is 5.44. The van der Waals surface area contributed by atoms with Gasteiger partial charge in [0.05, 0.1) is 0 Å². The van der Waals surface area contributed by atoms with E-state index < -0.39 is 5.60 Å². The number of hydrogen-bond acceptors (Lipinski definition) is 2. The predicted molar refractivity (Wildman–Crippen MR) is 45.7 cm³/mol. The molecule has 0 spiro atoms. The SMILES string of the molecule is CC1(C)CC[C@@]2(O)C[C@@H]1CC2=O. The van der Waals surface area contributed by atoms with Crippen LogP contribution in [0.5, 0.6) is 0 Å². The van der Waals surface area contributed by atoms with Crippen LogP contribution in [0.4, 0.5) is 0 Å². The molecule has 0 heterocycles. The van der Waals surface area contributed by atoms with Crippen molar-refractivity contribution in [1.29, 1.82) is 0 Å². The van der Waals surface area contributed by atoms with Gasteiger partial charge in [0.1, 0.15) is 5.60 Å². The van der Waals surface area contributed by atoms with Crippen molar-refractivity contribution in [2.45, 2.75) is 45.1 Å². The third kappa shape index (κ3) is 0.939. The van der Waals surface area contributed by atoms with E-state index in [9.17, 15) is 9.90 Å². The molecule has 0 aromatic rings. The molecule has 2 bridgehead atoms. The number of Topliss-reactive ketones (excluding diaryl/α,β-unsaturated/α-hetero) is 1. The normalized spacial score (nSPS) is 44.9. The second-order valence-corrected chi connectivity index (χ2v) is 5.05. The molecule has 0 amide bonds. The fourth-order valence-electron chi connectivity index (χ4n) is 2.53. The average molecular weight is 168 g/mol. The van der Waals surface area contributed by atoms with E-state index in [0.717, 1.165) is 6.42 Å². The lowest BCUT2D eigenvalue weighted by atomic mass is 9.68. The first-order valence-corrected chi connectivity index (χ1v) is 4.70. The molecule has 2 nitrogen and oxygen atoms in total. The fourth-order valence-corrected chi connectivity index (χ4v) is 2.53. The van der Waals surface area contributed by atoms with Gasteiger partial charge < -0.3 is 5.11 Å². The van der Waals surface area contributed by atoms with E-state index in [1.807, 2.05) is 0 Å². The van der Waals surface area contributed by atoms with Gasteiger partial charge in [0.15, 0.2) is 5.78 Å². The number of carbonyl (C=O) groups excluding carboxylic acids is 1. The van der Waals surface area contributed by atoms with Crippen molar-refractivity contribution in [2.75, 3.05) is 0 Å². The smallest absolute Gasteiger partial charge is 0.164 e. The average Bonchev–Trinajstić information content (AvgIpc) is 2.22. The van der Waals surface area contributed by atoms with E-state index in [1.54, 1.807) is 0 Å². The van der Waals surface area contributed by atoms with E-state index in [2.05, 4.69) is 13.8 Å². The lowest BCUT2D eigenvalue weighted by Gasteiger charge is -2.38. The summed E-state index contributed by atoms with van der Waals surface area (Å²) < 4.78 is 0. The van der Waals surface area contributed by atoms with Crippen molar-refractivity contribution >= 4 is 5.78 Å². The third-order valence-corrected chi connectivity index (χ3v) is 3.82. The van der Waals surface area contributed by atoms with Gasteiger partial charge >= 0.3 is 0 Å². The number of fused-ring (bicyclic) bond motifs is 2. The molecule has 0 radical (unpaired) electrons. The van der Waals surface area contributed by atoms with Gasteiger partial charge in [-0.15, -0.1) is 0 Å². The van der Waals surface area contributed by atoms with Gasteiger partial charge in [-0.2, -0.15) is 0 Å². The van der Waals surface area contributed by atoms with Gasteiger partial charge in [-0.3, -0.25) is 4.79 Å². The molecule has 2 heteroatoms. The van der Waals surface area contributed by atoms with Crippen molar-refractivity contribution in [1.82, 2.24) is 0 Å². The molecule has 68 valence electrons. The largest absolute Gasteiger partial charge is 0.382 e. The van der Waals surface area contributed by atoms with Crippen molar-refractivity contribution in [3.8, 4) is 0 Å². The molecular formula is C10H16O2. The summed E-state index contributed by atoms with van der Waals surface area (Å²) in [7, 11) is 0. The Morgan fingerprint density at radius 1 is 1.42 bits per heavy atom. The summed E-state index contributed by atoms with van der Waals surface area (Å²) in [6.45, 7) is 4.41. The second-order valence-electron chi connectivity index (χ2n) is 5.05. The summed E-state index contributed by atoms with van der Waals surface area (Å²) in [5.41, 5.74) is -0.668. The first-order valence-electron chi connectivity index (χ1n) is 4.70. The lowest BCUT2D eigenvalue weighted by molar-refractivity contribution is -0.134. The standard InChI is InChI=1S/C10H16O2/c1-9(2)3-4-10(12)6-7(9)5-8(10)11/h7,12H,3-6H2,1-2H3/t7-,10+/m0/s1. The monoisotopic (exact) mass is 168 g/mol. The minimum absolute atomic E-state index is 0.0816. The van der Waals surface area contributed by atoms with E-state index in [-0.39, 0.29) is 11.2 Å². The molecule has 2 atom stereocenters. The van der Waals surface area contributed by atoms with Crippen molar-refractivity contribution in [2.24, 2.45) is 11.3 Å². The Hall–Kier alpha value is -0.370. The quantitative estimate of drug-likeness (QED) is 0.595. The van der Waals surface area contributed by atoms with E-state index in [1.165, 1.54) is 0 Å². The Morgan fingerprint density at radius 3 is 2.67 bits per heavy atom. The maximum atomic E-state index is 11.4. The number of hydrogen-bond donors (Lipinski definition) is 1. The summed E-state index contributed by atoms with van der Waals surface area (Å²) in [6, 6.07) is 0. The molecule has 0 aromatic heterocycles. The second kappa shape index (κ2) is 2.11. The van der Waals surface area contributed by atoms with Crippen LogP contribution in [0.1, 0.15) is 39.5 Å². The minimum atomic E-state index is -0.930. The van der Waals surface area contributed by atoms with Crippen LogP contribution < -0.4 is 0 Å². The molecule has 12 heavy (non-hydrogen) atoms. The summed E-state index contributed by atoms with van der Waals surface area (Å²) in [4.78, 5) is 11.4. The zero-order valence-electron chi connectivity index (χ0n) is 7.76. The molecule has 0 unspecified atom stereocenters. The molecule has 2 aliphatic carbocycles. The van der Waals surface area contributed by atoms with Crippen LogP contribution in [0, 0.1) is 11.3 Å². The highest BCUT2D eigenvalue weighted by Gasteiger charge is 2.53. The molecule has 1 N–H and O–H groups in total. The van der Waals surface area contributed by atoms with Gasteiger partial charge in [0.25, 0.3) is 0 Å². The predicted octanol–water partition coefficient (Wildman–Crippen LogP) is 1.52. The highest BCUT2D eigenvalue weighted by atomic mass is 16.3. The minimum Gasteiger partial charge on any atom is -0.382 e. The zero-order valence-corrected chi connectivity index (χ0v) is 7.76. The summed E-state index contributed by atoms with van der Waals surface area (Å²) in [6.07, 6.45) is 2.97. The van der Waals surface area contributed by atoms with Gasteiger partial charge in [-0.25, -0.2) is 0 Å². The first kappa shape index (κ1) is 8.24. The van der Waals surface area contributed by atoms with Crippen molar-refractivity contribution in [3.05, 3.63) is 0 Å². The Morgan fingerprint density at radius 2 is 2.08 bits per heavy atom. The topological polar surface area (TPSA) is 37.3 Å². The fraction of sp³-hybridized carbons (Fsp3) is 0.900. The number of ketones is 1. The Kier molecular flexibility index (Phi) is 1.45. The van der Waals surface area contributed by atoms with Gasteiger partial charge in [-0.05, 0) is 30.6 Å². The van der Waals surface area contributed by atoms with E-state index >= 15 is 0 Å². The third-order valence-electron chi connectivity index (χ3n) is 3.82. The van der Waals surface area contributed by atoms with Crippen molar-refractivity contribution < 1.29 is 9.90 Å². The Balaban J connectivity index is 2.29. The number of carbonyl (C=O) groups is 1. The Bertz CT molecular complexity index is 232. The van der Waals surface area contributed by atoms with Crippen LogP contribution in [-0.4, -0.2) is 16.5 Å². The molecule has 2 fully saturated rings. The molecule has 2 saturated carbocycles. The molecule has 0 saturated heterocycles. The number of aliphatic hydroxyl groups is 1. The summed E-state index contributed by atoms with van der Waals surface area (Å²) >= 11 is 0. The summed E-state index contributed by atoms with van der Waals surface area (Å²) in [5.74, 6) is 0.502. The molecule has 0 aliphatic heterocycles. The molecule has 2 rings (SSSR count). The lowest BCUT2D eigenvalue weighted by Crippen LogP contribution is -2.39. The van der Waals surface area contributed by atoms with Crippen LogP contribution in [0.2, 0.25) is 0 Å². The van der Waals surface area contributed by atoms with Gasteiger partial charge in [-0.1, -0.05) is 13.8 Å². The zero-order chi connectivity index (χ0) is 8.98. The molecule has 0 aromatic carbocycles. The maximum absolute atomic E-state index is 11.4. The van der Waals surface area contributed by atoms with E-state index in [0.29, 0.717) is 25.2 Å². The number of rotatable bonds is 0. The Labute approximate surface area is 73.0 Å². The van der Waals surface area contributed by atoms with Crippen LogP contribution in [-0.2, 0) is 4.79 Å². The highest BCUT2D eigenvalue weighted by molar-refractivity contribution is 5.89. The molecule has 2 aliphatic rings. The van der Waals surface area contributed by atoms with E-state index in [4.69, 9.17) is 0 Å². The maximum Gasteiger partial charge on any atom is 0.164 e. The van der Waals surface area contributed by atoms with Crippen LogP contribution >= 0.6 is 0 Å². The summed E-state index contributed by atoms with van der Waals surface area (Å²) in [5, 5.41) is 9.87. The van der Waals surface area contributed by atoms with Crippen LogP contribution in [0.15, 0.2) is 0 Å². The van der Waals surface area contributed by atoms with Crippen LogP contribution in [0.25, 0.3) is 0 Å². The van der Waals surface area contributed by atoms with Gasteiger partial charge in [0.2, 0.25) is 0 Å². The van der Waals surface area contributed by atoms with Crippen LogP contribution in [0.3, 0.4) is 0 Å². The van der Waals surface area contributed by atoms with Gasteiger partial charge in [0, 0.05) is 6.42 Å². The molecular weight excluding hydrogens is 152 g/mol. The highest BCUT2D eigenvalue weighted by Crippen LogP contribution is 2.52.